The summed E-state index contributed by atoms with van der Waals surface area (Å²) in [5.74, 6) is -1.46. The molecular weight excluding hydrogens is 182 g/mol. The van der Waals surface area contributed by atoms with E-state index in [0.29, 0.717) is 0 Å². The molecule has 0 bridgehead atoms. The Balaban J connectivity index is 3.27. The summed E-state index contributed by atoms with van der Waals surface area (Å²) in [6.07, 6.45) is -1.92. The number of halogens is 2. The van der Waals surface area contributed by atoms with Gasteiger partial charge in [-0.05, 0) is 6.07 Å². The number of rotatable bonds is 2. The van der Waals surface area contributed by atoms with Gasteiger partial charge >= 0.3 is 5.97 Å². The quantitative estimate of drug-likeness (QED) is 0.733. The first-order valence-electron chi connectivity index (χ1n) is 3.29. The van der Waals surface area contributed by atoms with Crippen LogP contribution < -0.4 is 5.73 Å². The highest BCUT2D eigenvalue weighted by atomic mass is 19.3. The van der Waals surface area contributed by atoms with Crippen molar-refractivity contribution in [1.82, 2.24) is 4.98 Å². The summed E-state index contributed by atoms with van der Waals surface area (Å²) >= 11 is 0. The van der Waals surface area contributed by atoms with E-state index >= 15 is 0 Å². The molecule has 1 rings (SSSR count). The van der Waals surface area contributed by atoms with Gasteiger partial charge in [0, 0.05) is 0 Å². The van der Waals surface area contributed by atoms with Gasteiger partial charge in [-0.25, -0.2) is 13.6 Å². The molecule has 0 aliphatic carbocycles. The molecule has 1 aromatic rings. The number of nitrogen functional groups attached to an aromatic ring is 1. The van der Waals surface area contributed by atoms with E-state index < -0.39 is 23.7 Å². The molecule has 1 aromatic heterocycles. The number of aromatic carboxylic acids is 1. The maximum atomic E-state index is 12.2. The molecular formula is C7H6F2N2O2. The lowest BCUT2D eigenvalue weighted by atomic mass is 10.2. The van der Waals surface area contributed by atoms with E-state index in [1.54, 1.807) is 0 Å². The summed E-state index contributed by atoms with van der Waals surface area (Å²) in [5.41, 5.74) is 3.92. The first-order valence-corrected chi connectivity index (χ1v) is 3.29. The van der Waals surface area contributed by atoms with Gasteiger partial charge < -0.3 is 10.8 Å². The lowest BCUT2D eigenvalue weighted by molar-refractivity contribution is 0.0682. The van der Waals surface area contributed by atoms with Crippen molar-refractivity contribution >= 4 is 11.7 Å². The predicted octanol–water partition coefficient (Wildman–Crippen LogP) is 1.30. The van der Waals surface area contributed by atoms with E-state index in [1.165, 1.54) is 0 Å². The fourth-order valence-corrected chi connectivity index (χ4v) is 0.837. The van der Waals surface area contributed by atoms with E-state index in [1.807, 2.05) is 0 Å². The Morgan fingerprint density at radius 1 is 1.62 bits per heavy atom. The molecule has 1 heterocycles. The van der Waals surface area contributed by atoms with Crippen LogP contribution in [-0.4, -0.2) is 16.1 Å². The second-order valence-electron chi connectivity index (χ2n) is 2.31. The minimum absolute atomic E-state index is 0.0433. The third-order valence-corrected chi connectivity index (χ3v) is 1.38. The van der Waals surface area contributed by atoms with Gasteiger partial charge in [-0.15, -0.1) is 0 Å². The van der Waals surface area contributed by atoms with Crippen molar-refractivity contribution < 1.29 is 18.7 Å². The maximum absolute atomic E-state index is 12.2. The van der Waals surface area contributed by atoms with Crippen LogP contribution >= 0.6 is 0 Å². The molecule has 0 amide bonds. The van der Waals surface area contributed by atoms with Crippen LogP contribution in [0, 0.1) is 0 Å². The number of pyridine rings is 1. The zero-order chi connectivity index (χ0) is 10.0. The molecule has 6 heteroatoms. The standard InChI is InChI=1S/C7H6F2N2O2/c8-6(9)5-4(7(12)13)1-3(10)2-11-5/h1-2,6H,10H2,(H,12,13). The molecule has 13 heavy (non-hydrogen) atoms. The largest absolute Gasteiger partial charge is 0.478 e. The summed E-state index contributed by atoms with van der Waals surface area (Å²) in [4.78, 5) is 13.7. The number of nitrogens with zero attached hydrogens (tertiary/aromatic N) is 1. The molecule has 3 N–H and O–H groups in total. The van der Waals surface area contributed by atoms with Gasteiger partial charge in [0.25, 0.3) is 6.43 Å². The minimum atomic E-state index is -2.91. The Morgan fingerprint density at radius 3 is 2.69 bits per heavy atom. The fraction of sp³-hybridized carbons (Fsp3) is 0.143. The minimum Gasteiger partial charge on any atom is -0.478 e. The first-order chi connectivity index (χ1) is 6.02. The van der Waals surface area contributed by atoms with Crippen molar-refractivity contribution in [3.8, 4) is 0 Å². The normalized spacial score (nSPS) is 10.4. The van der Waals surface area contributed by atoms with Gasteiger partial charge in [-0.2, -0.15) is 0 Å². The van der Waals surface area contributed by atoms with Gasteiger partial charge in [0.15, 0.2) is 0 Å². The van der Waals surface area contributed by atoms with Crippen LogP contribution in [0.15, 0.2) is 12.3 Å². The Labute approximate surface area is 72.0 Å². The highest BCUT2D eigenvalue weighted by Gasteiger charge is 2.19. The number of carboxylic acids is 1. The fourth-order valence-electron chi connectivity index (χ4n) is 0.837. The van der Waals surface area contributed by atoms with E-state index in [9.17, 15) is 13.6 Å². The molecule has 0 fully saturated rings. The van der Waals surface area contributed by atoms with Gasteiger partial charge in [-0.1, -0.05) is 0 Å². The summed E-state index contributed by atoms with van der Waals surface area (Å²) in [6, 6.07) is 0.955. The molecule has 0 saturated heterocycles. The van der Waals surface area contributed by atoms with Crippen LogP contribution in [0.4, 0.5) is 14.5 Å². The average Bonchev–Trinajstić information content (AvgIpc) is 2.03. The third kappa shape index (κ3) is 1.90. The average molecular weight is 188 g/mol. The Morgan fingerprint density at radius 2 is 2.23 bits per heavy atom. The van der Waals surface area contributed by atoms with E-state index in [2.05, 4.69) is 4.98 Å². The number of carbonyl (C=O) groups is 1. The van der Waals surface area contributed by atoms with Crippen LogP contribution in [0.1, 0.15) is 22.5 Å². The van der Waals surface area contributed by atoms with Crippen molar-refractivity contribution in [1.29, 1.82) is 0 Å². The molecule has 0 aliphatic heterocycles. The smallest absolute Gasteiger partial charge is 0.337 e. The maximum Gasteiger partial charge on any atom is 0.337 e. The molecule has 4 nitrogen and oxygen atoms in total. The van der Waals surface area contributed by atoms with E-state index in [4.69, 9.17) is 10.8 Å². The zero-order valence-corrected chi connectivity index (χ0v) is 6.37. The van der Waals surface area contributed by atoms with Crippen LogP contribution in [0.5, 0.6) is 0 Å². The van der Waals surface area contributed by atoms with Crippen LogP contribution in [0.2, 0.25) is 0 Å². The van der Waals surface area contributed by atoms with Gasteiger partial charge in [-0.3, -0.25) is 4.98 Å². The monoisotopic (exact) mass is 188 g/mol. The number of nitrogens with two attached hydrogens (primary N) is 1. The number of hydrogen-bond donors (Lipinski definition) is 2. The predicted molar refractivity (Wildman–Crippen MR) is 40.6 cm³/mol. The van der Waals surface area contributed by atoms with Crippen molar-refractivity contribution in [2.75, 3.05) is 5.73 Å². The second kappa shape index (κ2) is 3.34. The molecule has 0 unspecified atom stereocenters. The lowest BCUT2D eigenvalue weighted by Gasteiger charge is -2.03. The second-order valence-corrected chi connectivity index (χ2v) is 2.31. The molecule has 0 aromatic carbocycles. The van der Waals surface area contributed by atoms with E-state index in [0.717, 1.165) is 12.3 Å². The Hall–Kier alpha value is -1.72. The molecule has 0 saturated carbocycles. The number of hydrogen-bond acceptors (Lipinski definition) is 3. The molecule has 0 spiro atoms. The summed E-state index contributed by atoms with van der Waals surface area (Å²) in [7, 11) is 0. The van der Waals surface area contributed by atoms with Gasteiger partial charge in [0.1, 0.15) is 5.69 Å². The first kappa shape index (κ1) is 9.37. The van der Waals surface area contributed by atoms with Crippen molar-refractivity contribution in [3.05, 3.63) is 23.5 Å². The summed E-state index contributed by atoms with van der Waals surface area (Å²) in [6.45, 7) is 0. The van der Waals surface area contributed by atoms with Crippen molar-refractivity contribution in [2.24, 2.45) is 0 Å². The number of aromatic nitrogens is 1. The Bertz CT molecular complexity index is 341. The SMILES string of the molecule is Nc1cnc(C(F)F)c(C(=O)O)c1. The highest BCUT2D eigenvalue weighted by Crippen LogP contribution is 2.21. The molecule has 0 atom stereocenters. The van der Waals surface area contributed by atoms with Crippen molar-refractivity contribution in [2.45, 2.75) is 6.43 Å². The van der Waals surface area contributed by atoms with Gasteiger partial charge in [0.2, 0.25) is 0 Å². The van der Waals surface area contributed by atoms with Gasteiger partial charge in [0.05, 0.1) is 17.4 Å². The van der Waals surface area contributed by atoms with Crippen LogP contribution in [0.3, 0.4) is 0 Å². The highest BCUT2D eigenvalue weighted by molar-refractivity contribution is 5.89. The topological polar surface area (TPSA) is 76.2 Å². The van der Waals surface area contributed by atoms with Crippen LogP contribution in [-0.2, 0) is 0 Å². The summed E-state index contributed by atoms with van der Waals surface area (Å²) < 4.78 is 24.3. The Kier molecular flexibility index (Phi) is 2.41. The van der Waals surface area contributed by atoms with Crippen molar-refractivity contribution in [3.63, 3.8) is 0 Å². The van der Waals surface area contributed by atoms with E-state index in [-0.39, 0.29) is 5.69 Å². The lowest BCUT2D eigenvalue weighted by Crippen LogP contribution is -2.06. The zero-order valence-electron chi connectivity index (χ0n) is 6.37. The molecule has 0 aliphatic rings. The number of carboxylic acid groups (broad SMARTS) is 1. The third-order valence-electron chi connectivity index (χ3n) is 1.38. The number of alkyl halides is 2. The molecule has 70 valence electrons. The summed E-state index contributed by atoms with van der Waals surface area (Å²) in [5, 5.41) is 8.51. The molecule has 0 radical (unpaired) electrons. The van der Waals surface area contributed by atoms with Crippen LogP contribution in [0.25, 0.3) is 0 Å². The number of anilines is 1.